The first-order chi connectivity index (χ1) is 7.88. The van der Waals surface area contributed by atoms with Gasteiger partial charge in [-0.3, -0.25) is 0 Å². The number of benzene rings is 1. The van der Waals surface area contributed by atoms with Gasteiger partial charge in [-0.1, -0.05) is 12.1 Å². The van der Waals surface area contributed by atoms with Crippen molar-refractivity contribution in [3.8, 4) is 5.75 Å². The quantitative estimate of drug-likeness (QED) is 0.730. The van der Waals surface area contributed by atoms with Crippen molar-refractivity contribution in [3.63, 3.8) is 0 Å². The first kappa shape index (κ1) is 11.0. The van der Waals surface area contributed by atoms with Gasteiger partial charge in [0.2, 0.25) is 0 Å². The molecule has 0 aromatic heterocycles. The van der Waals surface area contributed by atoms with Crippen molar-refractivity contribution >= 4 is 6.08 Å². The third-order valence-corrected chi connectivity index (χ3v) is 2.41. The summed E-state index contributed by atoms with van der Waals surface area (Å²) in [6, 6.07) is 7.89. The lowest BCUT2D eigenvalue weighted by Gasteiger charge is -2.04. The van der Waals surface area contributed by atoms with E-state index >= 15 is 0 Å². The SMILES string of the molecule is COCOc1ccc(/C=C2\CCCO2)cc1. The molecule has 0 saturated carbocycles. The molecule has 1 aromatic rings. The Kier molecular flexibility index (Phi) is 3.83. The van der Waals surface area contributed by atoms with Crippen molar-refractivity contribution in [2.45, 2.75) is 12.8 Å². The second kappa shape index (κ2) is 5.56. The highest BCUT2D eigenvalue weighted by Gasteiger charge is 2.06. The summed E-state index contributed by atoms with van der Waals surface area (Å²) in [4.78, 5) is 0. The van der Waals surface area contributed by atoms with Crippen LogP contribution in [0.15, 0.2) is 30.0 Å². The molecule has 0 unspecified atom stereocenters. The summed E-state index contributed by atoms with van der Waals surface area (Å²) in [5.41, 5.74) is 1.14. The molecule has 1 aliphatic heterocycles. The highest BCUT2D eigenvalue weighted by Crippen LogP contribution is 2.20. The Morgan fingerprint density at radius 1 is 1.31 bits per heavy atom. The van der Waals surface area contributed by atoms with Gasteiger partial charge in [-0.05, 0) is 30.2 Å². The van der Waals surface area contributed by atoms with E-state index in [0.717, 1.165) is 36.5 Å². The van der Waals surface area contributed by atoms with E-state index in [1.165, 1.54) is 0 Å². The molecule has 0 aliphatic carbocycles. The molecule has 1 heterocycles. The van der Waals surface area contributed by atoms with Crippen LogP contribution in [0, 0.1) is 0 Å². The second-order valence-corrected chi connectivity index (χ2v) is 3.68. The fraction of sp³-hybridized carbons (Fsp3) is 0.385. The Morgan fingerprint density at radius 3 is 2.75 bits per heavy atom. The molecule has 1 saturated heterocycles. The van der Waals surface area contributed by atoms with Crippen LogP contribution < -0.4 is 4.74 Å². The maximum Gasteiger partial charge on any atom is 0.188 e. The number of rotatable bonds is 4. The number of allylic oxidation sites excluding steroid dienone is 1. The van der Waals surface area contributed by atoms with Gasteiger partial charge in [-0.2, -0.15) is 0 Å². The van der Waals surface area contributed by atoms with Gasteiger partial charge in [-0.25, -0.2) is 0 Å². The zero-order valence-electron chi connectivity index (χ0n) is 9.44. The van der Waals surface area contributed by atoms with Gasteiger partial charge in [0.15, 0.2) is 6.79 Å². The Balaban J connectivity index is 1.98. The number of hydrogen-bond donors (Lipinski definition) is 0. The van der Waals surface area contributed by atoms with Crippen LogP contribution in [0.25, 0.3) is 6.08 Å². The van der Waals surface area contributed by atoms with E-state index in [4.69, 9.17) is 14.2 Å². The van der Waals surface area contributed by atoms with Gasteiger partial charge in [0.05, 0.1) is 12.4 Å². The lowest BCUT2D eigenvalue weighted by molar-refractivity contribution is 0.0511. The number of ether oxygens (including phenoxy) is 3. The van der Waals surface area contributed by atoms with Crippen LogP contribution in [-0.2, 0) is 9.47 Å². The molecule has 16 heavy (non-hydrogen) atoms. The van der Waals surface area contributed by atoms with E-state index in [0.29, 0.717) is 0 Å². The van der Waals surface area contributed by atoms with Crippen LogP contribution in [0.1, 0.15) is 18.4 Å². The molecule has 0 atom stereocenters. The molecule has 2 rings (SSSR count). The van der Waals surface area contributed by atoms with E-state index in [1.54, 1.807) is 7.11 Å². The second-order valence-electron chi connectivity index (χ2n) is 3.68. The van der Waals surface area contributed by atoms with Crippen molar-refractivity contribution in [2.24, 2.45) is 0 Å². The van der Waals surface area contributed by atoms with Gasteiger partial charge in [0.1, 0.15) is 5.75 Å². The monoisotopic (exact) mass is 220 g/mol. The molecule has 0 radical (unpaired) electrons. The van der Waals surface area contributed by atoms with Crippen LogP contribution in [0.4, 0.5) is 0 Å². The lowest BCUT2D eigenvalue weighted by atomic mass is 10.2. The van der Waals surface area contributed by atoms with Gasteiger partial charge in [0, 0.05) is 13.5 Å². The summed E-state index contributed by atoms with van der Waals surface area (Å²) < 4.78 is 15.6. The van der Waals surface area contributed by atoms with Crippen LogP contribution in [0.3, 0.4) is 0 Å². The predicted octanol–water partition coefficient (Wildman–Crippen LogP) is 2.82. The first-order valence-electron chi connectivity index (χ1n) is 5.43. The van der Waals surface area contributed by atoms with Crippen LogP contribution in [0.2, 0.25) is 0 Å². The fourth-order valence-corrected chi connectivity index (χ4v) is 1.61. The van der Waals surface area contributed by atoms with Crippen LogP contribution in [-0.4, -0.2) is 20.5 Å². The fourth-order valence-electron chi connectivity index (χ4n) is 1.61. The molecule has 0 spiro atoms. The highest BCUT2D eigenvalue weighted by atomic mass is 16.7. The largest absolute Gasteiger partial charge is 0.498 e. The lowest BCUT2D eigenvalue weighted by Crippen LogP contribution is -1.98. The Bertz CT molecular complexity index is 346. The molecule has 0 amide bonds. The normalized spacial score (nSPS) is 17.4. The van der Waals surface area contributed by atoms with Crippen LogP contribution in [0.5, 0.6) is 5.75 Å². The Hall–Kier alpha value is -1.48. The summed E-state index contributed by atoms with van der Waals surface area (Å²) in [7, 11) is 1.61. The molecule has 1 aromatic carbocycles. The molecule has 3 nitrogen and oxygen atoms in total. The van der Waals surface area contributed by atoms with Gasteiger partial charge in [-0.15, -0.1) is 0 Å². The zero-order chi connectivity index (χ0) is 11.2. The third kappa shape index (κ3) is 3.00. The molecule has 1 fully saturated rings. The number of methoxy groups -OCH3 is 1. The molecule has 1 aliphatic rings. The minimum Gasteiger partial charge on any atom is -0.498 e. The molecule has 0 bridgehead atoms. The van der Waals surface area contributed by atoms with Crippen molar-refractivity contribution in [2.75, 3.05) is 20.5 Å². The minimum absolute atomic E-state index is 0.281. The molecule has 86 valence electrons. The standard InChI is InChI=1S/C13H16O3/c1-14-10-16-12-6-4-11(5-7-12)9-13-3-2-8-15-13/h4-7,9H,2-3,8,10H2,1H3/b13-9+. The summed E-state index contributed by atoms with van der Waals surface area (Å²) >= 11 is 0. The molecular formula is C13H16O3. The van der Waals surface area contributed by atoms with Gasteiger partial charge >= 0.3 is 0 Å². The van der Waals surface area contributed by atoms with E-state index in [9.17, 15) is 0 Å². The van der Waals surface area contributed by atoms with Crippen molar-refractivity contribution in [3.05, 3.63) is 35.6 Å². The van der Waals surface area contributed by atoms with E-state index in [2.05, 4.69) is 6.08 Å². The molecule has 0 N–H and O–H groups in total. The predicted molar refractivity (Wildman–Crippen MR) is 62.1 cm³/mol. The van der Waals surface area contributed by atoms with E-state index in [1.807, 2.05) is 24.3 Å². The average Bonchev–Trinajstić information content (AvgIpc) is 2.81. The Morgan fingerprint density at radius 2 is 2.12 bits per heavy atom. The molecule has 3 heteroatoms. The maximum atomic E-state index is 5.46. The summed E-state index contributed by atoms with van der Waals surface area (Å²) in [5.74, 6) is 1.89. The van der Waals surface area contributed by atoms with Crippen molar-refractivity contribution < 1.29 is 14.2 Å². The Labute approximate surface area is 95.6 Å². The third-order valence-electron chi connectivity index (χ3n) is 2.41. The maximum absolute atomic E-state index is 5.46. The van der Waals surface area contributed by atoms with Crippen molar-refractivity contribution in [1.29, 1.82) is 0 Å². The van der Waals surface area contributed by atoms with Crippen LogP contribution >= 0.6 is 0 Å². The van der Waals surface area contributed by atoms with E-state index in [-0.39, 0.29) is 6.79 Å². The zero-order valence-corrected chi connectivity index (χ0v) is 9.44. The minimum atomic E-state index is 0.281. The number of hydrogen-bond acceptors (Lipinski definition) is 3. The highest BCUT2D eigenvalue weighted by molar-refractivity contribution is 5.52. The smallest absolute Gasteiger partial charge is 0.188 e. The van der Waals surface area contributed by atoms with Gasteiger partial charge < -0.3 is 14.2 Å². The molecular weight excluding hydrogens is 204 g/mol. The summed E-state index contributed by atoms with van der Waals surface area (Å²) in [6.45, 7) is 1.13. The average molecular weight is 220 g/mol. The van der Waals surface area contributed by atoms with Crippen molar-refractivity contribution in [1.82, 2.24) is 0 Å². The topological polar surface area (TPSA) is 27.7 Å². The van der Waals surface area contributed by atoms with E-state index < -0.39 is 0 Å². The summed E-state index contributed by atoms with van der Waals surface area (Å²) in [5, 5.41) is 0. The van der Waals surface area contributed by atoms with Gasteiger partial charge in [0.25, 0.3) is 0 Å². The summed E-state index contributed by atoms with van der Waals surface area (Å²) in [6.07, 6.45) is 4.25. The first-order valence-corrected chi connectivity index (χ1v) is 5.43.